The maximum absolute atomic E-state index is 12.4. The van der Waals surface area contributed by atoms with Gasteiger partial charge in [-0.15, -0.1) is 0 Å². The Hall–Kier alpha value is -3.74. The molecular formula is C24H24N2O5. The topological polar surface area (TPSA) is 81.0 Å². The van der Waals surface area contributed by atoms with Crippen LogP contribution in [0.15, 0.2) is 70.1 Å². The van der Waals surface area contributed by atoms with Gasteiger partial charge < -0.3 is 24.1 Å². The lowest BCUT2D eigenvalue weighted by Crippen LogP contribution is -2.29. The summed E-state index contributed by atoms with van der Waals surface area (Å²) >= 11 is 0. The first-order valence-corrected chi connectivity index (χ1v) is 10.1. The van der Waals surface area contributed by atoms with E-state index in [0.29, 0.717) is 29.8 Å². The minimum absolute atomic E-state index is 0.00324. The molecule has 0 saturated heterocycles. The number of nitrogens with zero attached hydrogens (tertiary/aromatic N) is 1. The van der Waals surface area contributed by atoms with E-state index in [-0.39, 0.29) is 23.7 Å². The average Bonchev–Trinajstić information content (AvgIpc) is 3.09. The van der Waals surface area contributed by atoms with Gasteiger partial charge in [-0.25, -0.2) is 0 Å². The molecule has 0 bridgehead atoms. The summed E-state index contributed by atoms with van der Waals surface area (Å²) in [6.45, 7) is 2.34. The van der Waals surface area contributed by atoms with E-state index in [4.69, 9.17) is 13.9 Å². The molecule has 1 N–H and O–H groups in total. The molecule has 7 nitrogen and oxygen atoms in total. The van der Waals surface area contributed by atoms with Crippen LogP contribution in [0.5, 0.6) is 11.5 Å². The minimum Gasteiger partial charge on any atom is -0.497 e. The van der Waals surface area contributed by atoms with E-state index in [0.717, 1.165) is 12.1 Å². The molecule has 0 saturated carbocycles. The largest absolute Gasteiger partial charge is 0.497 e. The molecule has 0 fully saturated rings. The SMILES string of the molecule is COc1ccc(NC(=O)COc2coc(CN3c4ccccc4C[C@H]3C)cc2=O)cc1. The fourth-order valence-corrected chi connectivity index (χ4v) is 3.68. The average molecular weight is 420 g/mol. The van der Waals surface area contributed by atoms with Gasteiger partial charge in [0.1, 0.15) is 17.8 Å². The Morgan fingerprint density at radius 2 is 1.97 bits per heavy atom. The second-order valence-corrected chi connectivity index (χ2v) is 7.45. The molecule has 1 atom stereocenters. The van der Waals surface area contributed by atoms with Crippen LogP contribution in [-0.4, -0.2) is 25.7 Å². The first kappa shape index (κ1) is 20.5. The first-order valence-electron chi connectivity index (χ1n) is 10.1. The number of methoxy groups -OCH3 is 1. The van der Waals surface area contributed by atoms with E-state index in [2.05, 4.69) is 29.3 Å². The predicted octanol–water partition coefficient (Wildman–Crippen LogP) is 3.62. The summed E-state index contributed by atoms with van der Waals surface area (Å²) in [6, 6.07) is 16.9. The highest BCUT2D eigenvalue weighted by molar-refractivity contribution is 5.91. The van der Waals surface area contributed by atoms with Crippen LogP contribution in [0.3, 0.4) is 0 Å². The normalized spacial score (nSPS) is 14.8. The van der Waals surface area contributed by atoms with Crippen molar-refractivity contribution in [1.82, 2.24) is 0 Å². The number of fused-ring (bicyclic) bond motifs is 1. The highest BCUT2D eigenvalue weighted by Gasteiger charge is 2.26. The van der Waals surface area contributed by atoms with Crippen LogP contribution < -0.4 is 25.1 Å². The van der Waals surface area contributed by atoms with Gasteiger partial charge >= 0.3 is 0 Å². The molecule has 160 valence electrons. The monoisotopic (exact) mass is 420 g/mol. The van der Waals surface area contributed by atoms with Gasteiger partial charge in [0.15, 0.2) is 6.61 Å². The summed E-state index contributed by atoms with van der Waals surface area (Å²) in [4.78, 5) is 26.7. The van der Waals surface area contributed by atoms with Crippen molar-refractivity contribution >= 4 is 17.3 Å². The lowest BCUT2D eigenvalue weighted by atomic mass is 10.1. The third-order valence-corrected chi connectivity index (χ3v) is 5.26. The van der Waals surface area contributed by atoms with Crippen molar-refractivity contribution in [3.8, 4) is 11.5 Å². The number of hydrogen-bond donors (Lipinski definition) is 1. The number of para-hydroxylation sites is 1. The molecule has 4 rings (SSSR count). The summed E-state index contributed by atoms with van der Waals surface area (Å²) in [5.41, 5.74) is 2.74. The number of carbonyl (C=O) groups excluding carboxylic acids is 1. The highest BCUT2D eigenvalue weighted by Crippen LogP contribution is 2.33. The van der Waals surface area contributed by atoms with Crippen molar-refractivity contribution in [3.05, 3.63) is 82.4 Å². The molecular weight excluding hydrogens is 396 g/mol. The van der Waals surface area contributed by atoms with E-state index in [1.165, 1.54) is 17.9 Å². The van der Waals surface area contributed by atoms with Gasteiger partial charge in [-0.05, 0) is 49.2 Å². The number of nitrogens with one attached hydrogen (secondary N) is 1. The molecule has 31 heavy (non-hydrogen) atoms. The second-order valence-electron chi connectivity index (χ2n) is 7.45. The fraction of sp³-hybridized carbons (Fsp3) is 0.250. The van der Waals surface area contributed by atoms with Gasteiger partial charge in [-0.1, -0.05) is 18.2 Å². The molecule has 2 heterocycles. The Labute approximate surface area is 180 Å². The van der Waals surface area contributed by atoms with E-state index >= 15 is 0 Å². The van der Waals surface area contributed by atoms with Crippen molar-refractivity contribution in [1.29, 1.82) is 0 Å². The van der Waals surface area contributed by atoms with Gasteiger partial charge in [-0.2, -0.15) is 0 Å². The van der Waals surface area contributed by atoms with E-state index in [1.54, 1.807) is 31.4 Å². The molecule has 3 aromatic rings. The number of anilines is 2. The second kappa shape index (κ2) is 8.95. The van der Waals surface area contributed by atoms with E-state index in [1.807, 2.05) is 12.1 Å². The van der Waals surface area contributed by atoms with Crippen LogP contribution in [0.4, 0.5) is 11.4 Å². The lowest BCUT2D eigenvalue weighted by molar-refractivity contribution is -0.118. The van der Waals surface area contributed by atoms with Gasteiger partial charge in [0.05, 0.1) is 13.7 Å². The number of hydrogen-bond acceptors (Lipinski definition) is 6. The van der Waals surface area contributed by atoms with E-state index < -0.39 is 0 Å². The van der Waals surface area contributed by atoms with Crippen LogP contribution in [0, 0.1) is 0 Å². The van der Waals surface area contributed by atoms with Crippen molar-refractivity contribution in [2.75, 3.05) is 23.9 Å². The predicted molar refractivity (Wildman–Crippen MR) is 118 cm³/mol. The number of carbonyl (C=O) groups is 1. The highest BCUT2D eigenvalue weighted by atomic mass is 16.5. The van der Waals surface area contributed by atoms with Gasteiger partial charge in [0, 0.05) is 23.5 Å². The third kappa shape index (κ3) is 4.71. The summed E-state index contributed by atoms with van der Waals surface area (Å²) in [5, 5.41) is 2.70. The minimum atomic E-state index is -0.379. The molecule has 0 aliphatic carbocycles. The standard InChI is InChI=1S/C24H24N2O5/c1-16-11-17-5-3-4-6-21(17)26(16)13-20-12-22(27)23(14-30-20)31-15-24(28)25-18-7-9-19(29-2)10-8-18/h3-10,12,14,16H,11,13,15H2,1-2H3,(H,25,28)/t16-/m1/s1. The Morgan fingerprint density at radius 3 is 2.71 bits per heavy atom. The summed E-state index contributed by atoms with van der Waals surface area (Å²) in [7, 11) is 1.57. The van der Waals surface area contributed by atoms with Crippen molar-refractivity contribution in [2.45, 2.75) is 25.9 Å². The van der Waals surface area contributed by atoms with Crippen LogP contribution >= 0.6 is 0 Å². The van der Waals surface area contributed by atoms with Gasteiger partial charge in [0.2, 0.25) is 11.2 Å². The zero-order valence-corrected chi connectivity index (χ0v) is 17.5. The zero-order valence-electron chi connectivity index (χ0n) is 17.5. The molecule has 1 amide bonds. The third-order valence-electron chi connectivity index (χ3n) is 5.26. The first-order chi connectivity index (χ1) is 15.0. The van der Waals surface area contributed by atoms with Crippen LogP contribution in [0.2, 0.25) is 0 Å². The number of amides is 1. The summed E-state index contributed by atoms with van der Waals surface area (Å²) in [5.74, 6) is 0.863. The van der Waals surface area contributed by atoms with Gasteiger partial charge in [0.25, 0.3) is 5.91 Å². The Balaban J connectivity index is 1.35. The Kier molecular flexibility index (Phi) is 5.93. The van der Waals surface area contributed by atoms with Crippen molar-refractivity contribution in [3.63, 3.8) is 0 Å². The zero-order chi connectivity index (χ0) is 21.8. The van der Waals surface area contributed by atoms with Crippen LogP contribution in [0.25, 0.3) is 0 Å². The fourth-order valence-electron chi connectivity index (χ4n) is 3.68. The molecule has 0 spiro atoms. The Morgan fingerprint density at radius 1 is 1.19 bits per heavy atom. The number of benzene rings is 2. The lowest BCUT2D eigenvalue weighted by Gasteiger charge is -2.24. The maximum Gasteiger partial charge on any atom is 0.262 e. The molecule has 1 aliphatic heterocycles. The van der Waals surface area contributed by atoms with Gasteiger partial charge in [-0.3, -0.25) is 9.59 Å². The van der Waals surface area contributed by atoms with Crippen LogP contribution in [-0.2, 0) is 17.8 Å². The smallest absolute Gasteiger partial charge is 0.262 e. The van der Waals surface area contributed by atoms with Crippen molar-refractivity contribution in [2.24, 2.45) is 0 Å². The number of rotatable bonds is 7. The Bertz CT molecular complexity index is 1120. The molecule has 1 aliphatic rings. The molecule has 7 heteroatoms. The molecule has 0 radical (unpaired) electrons. The van der Waals surface area contributed by atoms with Crippen molar-refractivity contribution < 1.29 is 18.7 Å². The summed E-state index contributed by atoms with van der Waals surface area (Å²) in [6.07, 6.45) is 2.23. The molecule has 2 aromatic carbocycles. The van der Waals surface area contributed by atoms with E-state index in [9.17, 15) is 9.59 Å². The quantitative estimate of drug-likeness (QED) is 0.629. The summed E-state index contributed by atoms with van der Waals surface area (Å²) < 4.78 is 16.1. The maximum atomic E-state index is 12.4. The number of ether oxygens (including phenoxy) is 2. The molecule has 0 unspecified atom stereocenters. The van der Waals surface area contributed by atoms with Crippen LogP contribution in [0.1, 0.15) is 18.2 Å². The molecule has 1 aromatic heterocycles.